The van der Waals surface area contributed by atoms with Gasteiger partial charge in [0.1, 0.15) is 0 Å². The number of halogens is 2. The van der Waals surface area contributed by atoms with Gasteiger partial charge in [-0.3, -0.25) is 0 Å². The Kier molecular flexibility index (Phi) is 2.84. The van der Waals surface area contributed by atoms with Crippen LogP contribution in [-0.2, 0) is 0 Å². The highest BCUT2D eigenvalue weighted by molar-refractivity contribution is 9.24. The number of rotatable bonds is 1. The molecule has 8 heavy (non-hydrogen) atoms. The fourth-order valence-electron chi connectivity index (χ4n) is 1.21. The Morgan fingerprint density at radius 2 is 1.62 bits per heavy atom. The first kappa shape index (κ1) is 7.07. The zero-order valence-electron chi connectivity index (χ0n) is 4.74. The molecule has 1 aliphatic carbocycles. The van der Waals surface area contributed by atoms with Gasteiger partial charge in [-0.2, -0.15) is 0 Å². The van der Waals surface area contributed by atoms with Crippen LogP contribution in [0.15, 0.2) is 0 Å². The third kappa shape index (κ3) is 1.73. The third-order valence-corrected chi connectivity index (χ3v) is 3.25. The molecule has 0 heterocycles. The van der Waals surface area contributed by atoms with Gasteiger partial charge in [0.05, 0.1) is 3.74 Å². The summed E-state index contributed by atoms with van der Waals surface area (Å²) in [4.78, 5) is 0. The highest BCUT2D eigenvalue weighted by Crippen LogP contribution is 2.33. The molecule has 0 bridgehead atoms. The minimum atomic E-state index is 0.567. The Bertz CT molecular complexity index is 64.9. The number of hydrogen-bond donors (Lipinski definition) is 0. The predicted octanol–water partition coefficient (Wildman–Crippen LogP) is 3.29. The van der Waals surface area contributed by atoms with E-state index in [0.29, 0.717) is 3.74 Å². The summed E-state index contributed by atoms with van der Waals surface area (Å²) in [5.41, 5.74) is 0. The van der Waals surface area contributed by atoms with E-state index in [4.69, 9.17) is 0 Å². The molecule has 0 nitrogen and oxygen atoms in total. The van der Waals surface area contributed by atoms with E-state index in [1.807, 2.05) is 0 Å². The van der Waals surface area contributed by atoms with Gasteiger partial charge in [0.15, 0.2) is 0 Å². The lowest BCUT2D eigenvalue weighted by Gasteiger charge is -2.07. The highest BCUT2D eigenvalue weighted by atomic mass is 79.9. The van der Waals surface area contributed by atoms with Crippen molar-refractivity contribution in [1.82, 2.24) is 0 Å². The molecule has 0 aromatic heterocycles. The molecule has 2 heteroatoms. The molecule has 0 aromatic rings. The molecule has 0 amide bonds. The van der Waals surface area contributed by atoms with Crippen LogP contribution in [0.1, 0.15) is 25.7 Å². The normalized spacial score (nSPS) is 22.9. The fraction of sp³-hybridized carbons (Fsp3) is 1.00. The summed E-state index contributed by atoms with van der Waals surface area (Å²) in [6.45, 7) is 0. The van der Waals surface area contributed by atoms with Crippen LogP contribution in [-0.4, -0.2) is 3.74 Å². The lowest BCUT2D eigenvalue weighted by molar-refractivity contribution is 0.610. The predicted molar refractivity (Wildman–Crippen MR) is 43.6 cm³/mol. The standard InChI is InChI=1S/C6H10Br2/c7-6(8)5-3-1-2-4-5/h5-6H,1-4H2. The fourth-order valence-corrected chi connectivity index (χ4v) is 2.27. The van der Waals surface area contributed by atoms with Crippen LogP contribution in [0.2, 0.25) is 0 Å². The molecule has 0 aliphatic heterocycles. The Morgan fingerprint density at radius 1 is 1.12 bits per heavy atom. The summed E-state index contributed by atoms with van der Waals surface area (Å²) in [5, 5.41) is 0. The molecule has 1 rings (SSSR count). The van der Waals surface area contributed by atoms with Crippen molar-refractivity contribution in [1.29, 1.82) is 0 Å². The summed E-state index contributed by atoms with van der Waals surface area (Å²) in [5.74, 6) is 0.898. The summed E-state index contributed by atoms with van der Waals surface area (Å²) in [7, 11) is 0. The largest absolute Gasteiger partial charge is 0.0762 e. The molecular weight excluding hydrogens is 232 g/mol. The van der Waals surface area contributed by atoms with Gasteiger partial charge in [-0.15, -0.1) is 0 Å². The maximum atomic E-state index is 3.52. The second-order valence-electron chi connectivity index (χ2n) is 2.38. The van der Waals surface area contributed by atoms with Gasteiger partial charge in [-0.25, -0.2) is 0 Å². The average molecular weight is 242 g/mol. The second-order valence-corrected chi connectivity index (χ2v) is 5.58. The monoisotopic (exact) mass is 240 g/mol. The van der Waals surface area contributed by atoms with E-state index in [-0.39, 0.29) is 0 Å². The van der Waals surface area contributed by atoms with E-state index in [1.165, 1.54) is 25.7 Å². The quantitative estimate of drug-likeness (QED) is 0.619. The SMILES string of the molecule is BrC(Br)C1CCCC1. The van der Waals surface area contributed by atoms with Crippen LogP contribution in [0, 0.1) is 5.92 Å². The Labute approximate surface area is 67.3 Å². The van der Waals surface area contributed by atoms with Gasteiger partial charge in [-0.05, 0) is 18.8 Å². The molecule has 1 fully saturated rings. The molecule has 0 radical (unpaired) electrons. The van der Waals surface area contributed by atoms with E-state index >= 15 is 0 Å². The Hall–Kier alpha value is 0.960. The first-order valence-corrected chi connectivity index (χ1v) is 4.92. The van der Waals surface area contributed by atoms with Crippen molar-refractivity contribution in [2.24, 2.45) is 5.92 Å². The molecule has 0 atom stereocenters. The lowest BCUT2D eigenvalue weighted by Crippen LogP contribution is -2.00. The van der Waals surface area contributed by atoms with Crippen molar-refractivity contribution in [3.05, 3.63) is 0 Å². The van der Waals surface area contributed by atoms with Crippen molar-refractivity contribution in [3.63, 3.8) is 0 Å². The molecule has 0 aromatic carbocycles. The Morgan fingerprint density at radius 3 is 1.88 bits per heavy atom. The van der Waals surface area contributed by atoms with Gasteiger partial charge < -0.3 is 0 Å². The minimum Gasteiger partial charge on any atom is -0.0762 e. The zero-order chi connectivity index (χ0) is 5.98. The summed E-state index contributed by atoms with van der Waals surface area (Å²) in [6, 6.07) is 0. The number of hydrogen-bond acceptors (Lipinski definition) is 0. The van der Waals surface area contributed by atoms with Gasteiger partial charge in [0.25, 0.3) is 0 Å². The first-order valence-electron chi connectivity index (χ1n) is 3.09. The first-order chi connectivity index (χ1) is 3.80. The van der Waals surface area contributed by atoms with E-state index in [1.54, 1.807) is 0 Å². The maximum absolute atomic E-state index is 3.52. The maximum Gasteiger partial charge on any atom is 0.0726 e. The lowest BCUT2D eigenvalue weighted by atomic mass is 10.1. The second kappa shape index (κ2) is 3.21. The smallest absolute Gasteiger partial charge is 0.0726 e. The zero-order valence-corrected chi connectivity index (χ0v) is 7.91. The van der Waals surface area contributed by atoms with Crippen LogP contribution in [0.25, 0.3) is 0 Å². The van der Waals surface area contributed by atoms with Crippen molar-refractivity contribution in [2.45, 2.75) is 29.4 Å². The van der Waals surface area contributed by atoms with Gasteiger partial charge in [0.2, 0.25) is 0 Å². The van der Waals surface area contributed by atoms with Crippen LogP contribution >= 0.6 is 31.9 Å². The van der Waals surface area contributed by atoms with E-state index < -0.39 is 0 Å². The molecule has 0 unspecified atom stereocenters. The van der Waals surface area contributed by atoms with Gasteiger partial charge in [0, 0.05) is 0 Å². The highest BCUT2D eigenvalue weighted by Gasteiger charge is 2.19. The molecule has 48 valence electrons. The molecule has 0 N–H and O–H groups in total. The molecule has 1 aliphatic rings. The van der Waals surface area contributed by atoms with Crippen LogP contribution in [0.5, 0.6) is 0 Å². The average Bonchev–Trinajstić information content (AvgIpc) is 2.12. The summed E-state index contributed by atoms with van der Waals surface area (Å²) < 4.78 is 0.567. The molecule has 1 saturated carbocycles. The summed E-state index contributed by atoms with van der Waals surface area (Å²) in [6.07, 6.45) is 5.67. The van der Waals surface area contributed by atoms with Crippen molar-refractivity contribution >= 4 is 31.9 Å². The summed E-state index contributed by atoms with van der Waals surface area (Å²) >= 11 is 7.04. The molecule has 0 saturated heterocycles. The van der Waals surface area contributed by atoms with Gasteiger partial charge in [-0.1, -0.05) is 44.7 Å². The molecule has 0 spiro atoms. The third-order valence-electron chi connectivity index (χ3n) is 1.76. The van der Waals surface area contributed by atoms with Crippen molar-refractivity contribution < 1.29 is 0 Å². The molecular formula is C6H10Br2. The Balaban J connectivity index is 2.24. The van der Waals surface area contributed by atoms with E-state index in [2.05, 4.69) is 31.9 Å². The van der Waals surface area contributed by atoms with E-state index in [0.717, 1.165) is 5.92 Å². The van der Waals surface area contributed by atoms with Crippen molar-refractivity contribution in [3.8, 4) is 0 Å². The van der Waals surface area contributed by atoms with Gasteiger partial charge >= 0.3 is 0 Å². The minimum absolute atomic E-state index is 0.567. The van der Waals surface area contributed by atoms with Crippen LogP contribution < -0.4 is 0 Å². The van der Waals surface area contributed by atoms with E-state index in [9.17, 15) is 0 Å². The number of alkyl halides is 2. The topological polar surface area (TPSA) is 0 Å². The van der Waals surface area contributed by atoms with Crippen molar-refractivity contribution in [2.75, 3.05) is 0 Å². The van der Waals surface area contributed by atoms with Crippen LogP contribution in [0.3, 0.4) is 0 Å². The van der Waals surface area contributed by atoms with Crippen LogP contribution in [0.4, 0.5) is 0 Å².